The lowest BCUT2D eigenvalue weighted by Crippen LogP contribution is -2.40. The molecule has 0 radical (unpaired) electrons. The molecule has 8 heteroatoms. The van der Waals surface area contributed by atoms with E-state index in [9.17, 15) is 17.6 Å². The van der Waals surface area contributed by atoms with Gasteiger partial charge in [0.25, 0.3) is 10.0 Å². The van der Waals surface area contributed by atoms with Gasteiger partial charge in [-0.25, -0.2) is 27.6 Å². The van der Waals surface area contributed by atoms with Crippen LogP contribution in [0.15, 0.2) is 28.3 Å². The summed E-state index contributed by atoms with van der Waals surface area (Å²) in [6, 6.07) is 2.18. The number of aromatic nitrogens is 1. The normalized spacial score (nSPS) is 17.9. The first-order valence-corrected chi connectivity index (χ1v) is 7.17. The highest BCUT2D eigenvalue weighted by Crippen LogP contribution is 2.22. The molecular weight excluding hydrogens is 273 g/mol. The number of pyridine rings is 1. The van der Waals surface area contributed by atoms with Gasteiger partial charge in [-0.1, -0.05) is 0 Å². The SMILES string of the molecule is O=C=NC1CCN(S(=O)(=O)c2ncccc2F)CC1. The van der Waals surface area contributed by atoms with Crippen molar-refractivity contribution in [1.82, 2.24) is 9.29 Å². The fraction of sp³-hybridized carbons (Fsp3) is 0.455. The highest BCUT2D eigenvalue weighted by molar-refractivity contribution is 7.89. The Kier molecular flexibility index (Phi) is 4.04. The number of piperidine rings is 1. The number of isocyanates is 1. The first kappa shape index (κ1) is 13.8. The van der Waals surface area contributed by atoms with Crippen molar-refractivity contribution < 1.29 is 17.6 Å². The van der Waals surface area contributed by atoms with Crippen LogP contribution >= 0.6 is 0 Å². The maximum Gasteiger partial charge on any atom is 0.263 e. The lowest BCUT2D eigenvalue weighted by Gasteiger charge is -2.28. The van der Waals surface area contributed by atoms with Crippen molar-refractivity contribution in [2.24, 2.45) is 4.99 Å². The standard InChI is InChI=1S/C11H12FN3O3S/c12-10-2-1-5-13-11(10)19(17,18)15-6-3-9(4-7-15)14-8-16/h1-2,5,9H,3-4,6-7H2. The fourth-order valence-corrected chi connectivity index (χ4v) is 3.41. The lowest BCUT2D eigenvalue weighted by molar-refractivity contribution is 0.318. The van der Waals surface area contributed by atoms with E-state index in [1.54, 1.807) is 0 Å². The van der Waals surface area contributed by atoms with Crippen LogP contribution in [0.1, 0.15) is 12.8 Å². The van der Waals surface area contributed by atoms with E-state index in [0.29, 0.717) is 12.8 Å². The Labute approximate surface area is 110 Å². The van der Waals surface area contributed by atoms with Gasteiger partial charge in [-0.2, -0.15) is 4.31 Å². The molecule has 0 spiro atoms. The number of hydrogen-bond acceptors (Lipinski definition) is 5. The second-order valence-electron chi connectivity index (χ2n) is 4.15. The number of carbonyl (C=O) groups excluding carboxylic acids is 1. The molecule has 2 rings (SSSR count). The zero-order valence-corrected chi connectivity index (χ0v) is 10.8. The van der Waals surface area contributed by atoms with Gasteiger partial charge in [-0.3, -0.25) is 0 Å². The van der Waals surface area contributed by atoms with Crippen LogP contribution in [0.4, 0.5) is 4.39 Å². The van der Waals surface area contributed by atoms with Gasteiger partial charge in [0.15, 0.2) is 5.82 Å². The van der Waals surface area contributed by atoms with Gasteiger partial charge in [0.05, 0.1) is 6.04 Å². The second kappa shape index (κ2) is 5.56. The molecule has 6 nitrogen and oxygen atoms in total. The van der Waals surface area contributed by atoms with E-state index in [1.807, 2.05) is 0 Å². The maximum absolute atomic E-state index is 13.5. The minimum atomic E-state index is -3.92. The summed E-state index contributed by atoms with van der Waals surface area (Å²) in [5.74, 6) is -0.865. The van der Waals surface area contributed by atoms with Crippen molar-refractivity contribution in [2.45, 2.75) is 23.9 Å². The molecule has 1 aromatic heterocycles. The largest absolute Gasteiger partial charge is 0.263 e. The van der Waals surface area contributed by atoms with Crippen LogP contribution in [0.3, 0.4) is 0 Å². The van der Waals surface area contributed by atoms with Crippen LogP contribution in [0.5, 0.6) is 0 Å². The molecule has 1 fully saturated rings. The van der Waals surface area contributed by atoms with Crippen LogP contribution in [0.25, 0.3) is 0 Å². The first-order chi connectivity index (χ1) is 9.05. The topological polar surface area (TPSA) is 79.7 Å². The van der Waals surface area contributed by atoms with Gasteiger partial charge in [-0.15, -0.1) is 0 Å². The molecule has 19 heavy (non-hydrogen) atoms. The van der Waals surface area contributed by atoms with Gasteiger partial charge in [0.1, 0.15) is 0 Å². The number of halogens is 1. The van der Waals surface area contributed by atoms with E-state index in [4.69, 9.17) is 0 Å². The number of aliphatic imine (C=N–C) groups is 1. The number of hydrogen-bond donors (Lipinski definition) is 0. The van der Waals surface area contributed by atoms with Gasteiger partial charge >= 0.3 is 0 Å². The van der Waals surface area contributed by atoms with E-state index in [-0.39, 0.29) is 19.1 Å². The number of rotatable bonds is 3. The third-order valence-corrected chi connectivity index (χ3v) is 4.80. The third-order valence-electron chi connectivity index (χ3n) is 2.97. The zero-order valence-electron chi connectivity index (χ0n) is 9.99. The van der Waals surface area contributed by atoms with Crippen molar-refractivity contribution >= 4 is 16.1 Å². The summed E-state index contributed by atoms with van der Waals surface area (Å²) in [4.78, 5) is 17.3. The van der Waals surface area contributed by atoms with E-state index >= 15 is 0 Å². The molecular formula is C11H12FN3O3S. The minimum absolute atomic E-state index is 0.189. The van der Waals surface area contributed by atoms with Gasteiger partial charge in [0.2, 0.25) is 11.1 Å². The molecule has 0 aromatic carbocycles. The van der Waals surface area contributed by atoms with Crippen LogP contribution in [-0.2, 0) is 14.8 Å². The molecule has 1 aliphatic heterocycles. The van der Waals surface area contributed by atoms with E-state index in [0.717, 1.165) is 10.4 Å². The summed E-state index contributed by atoms with van der Waals surface area (Å²) >= 11 is 0. The van der Waals surface area contributed by atoms with Gasteiger partial charge in [-0.05, 0) is 25.0 Å². The first-order valence-electron chi connectivity index (χ1n) is 5.73. The van der Waals surface area contributed by atoms with Crippen LogP contribution in [0, 0.1) is 5.82 Å². The molecule has 1 saturated heterocycles. The second-order valence-corrected chi connectivity index (χ2v) is 6.00. The minimum Gasteiger partial charge on any atom is -0.241 e. The number of nitrogens with zero attached hydrogens (tertiary/aromatic N) is 3. The highest BCUT2D eigenvalue weighted by atomic mass is 32.2. The fourth-order valence-electron chi connectivity index (χ4n) is 1.97. The molecule has 1 aromatic rings. The van der Waals surface area contributed by atoms with Crippen molar-refractivity contribution in [2.75, 3.05) is 13.1 Å². The molecule has 0 bridgehead atoms. The van der Waals surface area contributed by atoms with E-state index in [1.165, 1.54) is 18.3 Å². The monoisotopic (exact) mass is 285 g/mol. The average Bonchev–Trinajstić information content (AvgIpc) is 2.40. The molecule has 102 valence electrons. The van der Waals surface area contributed by atoms with Crippen molar-refractivity contribution in [1.29, 1.82) is 0 Å². The molecule has 0 atom stereocenters. The summed E-state index contributed by atoms with van der Waals surface area (Å²) in [6.07, 6.45) is 3.54. The van der Waals surface area contributed by atoms with E-state index in [2.05, 4.69) is 9.98 Å². The summed E-state index contributed by atoms with van der Waals surface area (Å²) in [6.45, 7) is 0.377. The van der Waals surface area contributed by atoms with Crippen LogP contribution in [-0.4, -0.2) is 42.9 Å². The Morgan fingerprint density at radius 2 is 2.11 bits per heavy atom. The molecule has 0 unspecified atom stereocenters. The summed E-state index contributed by atoms with van der Waals surface area (Å²) in [7, 11) is -3.92. The zero-order chi connectivity index (χ0) is 13.9. The van der Waals surface area contributed by atoms with Gasteiger partial charge in [0, 0.05) is 19.3 Å². The van der Waals surface area contributed by atoms with E-state index < -0.39 is 20.9 Å². The molecule has 0 amide bonds. The quantitative estimate of drug-likeness (QED) is 0.605. The molecule has 0 saturated carbocycles. The summed E-state index contributed by atoms with van der Waals surface area (Å²) in [5, 5.41) is -0.563. The van der Waals surface area contributed by atoms with Crippen molar-refractivity contribution in [3.8, 4) is 0 Å². The lowest BCUT2D eigenvalue weighted by atomic mass is 10.1. The average molecular weight is 285 g/mol. The van der Waals surface area contributed by atoms with Crippen molar-refractivity contribution in [3.05, 3.63) is 24.1 Å². The maximum atomic E-state index is 13.5. The van der Waals surface area contributed by atoms with Gasteiger partial charge < -0.3 is 0 Å². The predicted octanol–water partition coefficient (Wildman–Crippen LogP) is 0.710. The third kappa shape index (κ3) is 2.86. The van der Waals surface area contributed by atoms with Crippen LogP contribution in [0.2, 0.25) is 0 Å². The Morgan fingerprint density at radius 1 is 1.42 bits per heavy atom. The van der Waals surface area contributed by atoms with Crippen LogP contribution < -0.4 is 0 Å². The summed E-state index contributed by atoms with van der Waals surface area (Å²) in [5.41, 5.74) is 0. The molecule has 0 N–H and O–H groups in total. The Hall–Kier alpha value is -1.63. The van der Waals surface area contributed by atoms with Crippen molar-refractivity contribution in [3.63, 3.8) is 0 Å². The predicted molar refractivity (Wildman–Crippen MR) is 64.1 cm³/mol. The Morgan fingerprint density at radius 3 is 2.68 bits per heavy atom. The Balaban J connectivity index is 2.19. The molecule has 0 aliphatic carbocycles. The molecule has 2 heterocycles. The molecule has 1 aliphatic rings. The Bertz CT molecular complexity index is 605. The summed E-state index contributed by atoms with van der Waals surface area (Å²) < 4.78 is 39.0. The smallest absolute Gasteiger partial charge is 0.241 e. The highest BCUT2D eigenvalue weighted by Gasteiger charge is 2.32. The number of sulfonamides is 1.